The lowest BCUT2D eigenvalue weighted by Gasteiger charge is -2.25. The molecule has 0 aromatic carbocycles. The predicted octanol–water partition coefficient (Wildman–Crippen LogP) is 0.780. The summed E-state index contributed by atoms with van der Waals surface area (Å²) in [5.74, 6) is 0.527. The molecule has 6 heteroatoms. The second-order valence-electron chi connectivity index (χ2n) is 4.51. The Bertz CT molecular complexity index is 435. The van der Waals surface area contributed by atoms with E-state index in [9.17, 15) is 8.42 Å². The number of hydrogen-bond donors (Lipinski definition) is 2. The van der Waals surface area contributed by atoms with Gasteiger partial charge < -0.3 is 10.3 Å². The molecule has 0 radical (unpaired) electrons. The van der Waals surface area contributed by atoms with Gasteiger partial charge in [0, 0.05) is 19.4 Å². The molecule has 0 unspecified atom stereocenters. The fraction of sp³-hybridized carbons (Fsp3) is 0.636. The van der Waals surface area contributed by atoms with Gasteiger partial charge in [-0.2, -0.15) is 0 Å². The van der Waals surface area contributed by atoms with Gasteiger partial charge in [-0.3, -0.25) is 4.31 Å². The number of rotatable bonds is 4. The van der Waals surface area contributed by atoms with Crippen molar-refractivity contribution in [2.75, 3.05) is 30.2 Å². The van der Waals surface area contributed by atoms with Crippen LogP contribution in [-0.4, -0.2) is 39.3 Å². The van der Waals surface area contributed by atoms with Crippen LogP contribution in [0.3, 0.4) is 0 Å². The van der Waals surface area contributed by atoms with Crippen molar-refractivity contribution in [3.05, 3.63) is 18.5 Å². The van der Waals surface area contributed by atoms with Gasteiger partial charge in [0.25, 0.3) is 0 Å². The van der Waals surface area contributed by atoms with E-state index < -0.39 is 10.0 Å². The van der Waals surface area contributed by atoms with E-state index in [0.717, 1.165) is 25.9 Å². The number of nitrogens with zero attached hydrogens (tertiary/aromatic N) is 1. The van der Waals surface area contributed by atoms with Crippen molar-refractivity contribution in [1.82, 2.24) is 10.3 Å². The van der Waals surface area contributed by atoms with Crippen molar-refractivity contribution in [3.63, 3.8) is 0 Å². The maximum absolute atomic E-state index is 12.2. The summed E-state index contributed by atoms with van der Waals surface area (Å²) in [6.45, 7) is 1.85. The molecule has 5 nitrogen and oxygen atoms in total. The van der Waals surface area contributed by atoms with Gasteiger partial charge in [-0.1, -0.05) is 0 Å². The molecule has 1 saturated heterocycles. The van der Waals surface area contributed by atoms with Gasteiger partial charge in [0.2, 0.25) is 10.0 Å². The van der Waals surface area contributed by atoms with Gasteiger partial charge in [0.15, 0.2) is 0 Å². The van der Waals surface area contributed by atoms with Crippen LogP contribution < -0.4 is 9.62 Å². The molecule has 0 aliphatic carbocycles. The molecule has 0 spiro atoms. The number of piperidine rings is 1. The molecule has 1 aromatic rings. The standard InChI is InChI=1S/C11H19N3O2S/c1-14(11-4-7-13-8-11)17(15,16)9-10-2-5-12-6-3-10/h4,7-8,10,12-13H,2-3,5-6,9H2,1H3. The molecule has 1 aliphatic rings. The van der Waals surface area contributed by atoms with Crippen molar-refractivity contribution >= 4 is 15.7 Å². The summed E-state index contributed by atoms with van der Waals surface area (Å²) in [5.41, 5.74) is 0.693. The second kappa shape index (κ2) is 5.10. The van der Waals surface area contributed by atoms with Crippen molar-refractivity contribution in [1.29, 1.82) is 0 Å². The van der Waals surface area contributed by atoms with Crippen LogP contribution in [0.15, 0.2) is 18.5 Å². The minimum atomic E-state index is -3.20. The minimum absolute atomic E-state index is 0.246. The number of nitrogens with one attached hydrogen (secondary N) is 2. The van der Waals surface area contributed by atoms with Crippen LogP contribution in [0.25, 0.3) is 0 Å². The molecule has 2 rings (SSSR count). The van der Waals surface area contributed by atoms with E-state index in [1.54, 1.807) is 25.5 Å². The van der Waals surface area contributed by atoms with Crippen LogP contribution in [0.1, 0.15) is 12.8 Å². The number of H-pyrrole nitrogens is 1. The molecular weight excluding hydrogens is 238 g/mol. The predicted molar refractivity (Wildman–Crippen MR) is 68.6 cm³/mol. The van der Waals surface area contributed by atoms with Gasteiger partial charge >= 0.3 is 0 Å². The molecule has 1 aliphatic heterocycles. The lowest BCUT2D eigenvalue weighted by Crippen LogP contribution is -2.36. The van der Waals surface area contributed by atoms with E-state index in [1.807, 2.05) is 0 Å². The van der Waals surface area contributed by atoms with E-state index in [4.69, 9.17) is 0 Å². The van der Waals surface area contributed by atoms with Crippen LogP contribution in [0.5, 0.6) is 0 Å². The third kappa shape index (κ3) is 3.01. The molecule has 0 saturated carbocycles. The summed E-state index contributed by atoms with van der Waals surface area (Å²) in [7, 11) is -1.59. The smallest absolute Gasteiger partial charge is 0.235 e. The highest BCUT2D eigenvalue weighted by atomic mass is 32.2. The Morgan fingerprint density at radius 2 is 2.12 bits per heavy atom. The van der Waals surface area contributed by atoms with Crippen LogP contribution >= 0.6 is 0 Å². The minimum Gasteiger partial charge on any atom is -0.366 e. The Labute approximate surface area is 102 Å². The monoisotopic (exact) mass is 257 g/mol. The first-order valence-electron chi connectivity index (χ1n) is 5.90. The van der Waals surface area contributed by atoms with Crippen LogP contribution in [0, 0.1) is 5.92 Å². The number of sulfonamides is 1. The van der Waals surface area contributed by atoms with Gasteiger partial charge in [-0.25, -0.2) is 8.42 Å². The fourth-order valence-corrected chi connectivity index (χ4v) is 3.72. The first-order valence-corrected chi connectivity index (χ1v) is 7.50. The lowest BCUT2D eigenvalue weighted by molar-refractivity contribution is 0.401. The zero-order valence-electron chi connectivity index (χ0n) is 10.0. The molecular formula is C11H19N3O2S. The summed E-state index contributed by atoms with van der Waals surface area (Å²) in [5, 5.41) is 3.24. The molecule has 96 valence electrons. The Kier molecular flexibility index (Phi) is 3.73. The number of aromatic nitrogens is 1. The van der Waals surface area contributed by atoms with Crippen molar-refractivity contribution in [2.24, 2.45) is 5.92 Å². The summed E-state index contributed by atoms with van der Waals surface area (Å²) < 4.78 is 25.7. The fourth-order valence-electron chi connectivity index (χ4n) is 2.13. The first kappa shape index (κ1) is 12.4. The van der Waals surface area contributed by atoms with E-state index in [1.165, 1.54) is 4.31 Å². The van der Waals surface area contributed by atoms with Crippen LogP contribution in [0.2, 0.25) is 0 Å². The normalized spacial score (nSPS) is 18.2. The quantitative estimate of drug-likeness (QED) is 0.838. The maximum atomic E-state index is 12.2. The molecule has 0 bridgehead atoms. The Morgan fingerprint density at radius 3 is 2.71 bits per heavy atom. The summed E-state index contributed by atoms with van der Waals surface area (Å²) >= 11 is 0. The SMILES string of the molecule is CN(c1cc[nH]c1)S(=O)(=O)CC1CCNCC1. The highest BCUT2D eigenvalue weighted by molar-refractivity contribution is 7.92. The Morgan fingerprint density at radius 1 is 1.41 bits per heavy atom. The van der Waals surface area contributed by atoms with Crippen molar-refractivity contribution in [2.45, 2.75) is 12.8 Å². The van der Waals surface area contributed by atoms with Crippen molar-refractivity contribution in [3.8, 4) is 0 Å². The molecule has 1 fully saturated rings. The number of aromatic amines is 1. The molecule has 0 atom stereocenters. The van der Waals surface area contributed by atoms with E-state index in [0.29, 0.717) is 5.69 Å². The zero-order chi connectivity index (χ0) is 12.3. The summed E-state index contributed by atoms with van der Waals surface area (Å²) in [6, 6.07) is 1.76. The number of anilines is 1. The lowest BCUT2D eigenvalue weighted by atomic mass is 10.0. The van der Waals surface area contributed by atoms with Gasteiger partial charge in [0.05, 0.1) is 11.4 Å². The first-order chi connectivity index (χ1) is 8.09. The maximum Gasteiger partial charge on any atom is 0.235 e. The molecule has 2 N–H and O–H groups in total. The second-order valence-corrected chi connectivity index (χ2v) is 6.55. The van der Waals surface area contributed by atoms with Gasteiger partial charge in [-0.15, -0.1) is 0 Å². The highest BCUT2D eigenvalue weighted by Gasteiger charge is 2.25. The molecule has 2 heterocycles. The topological polar surface area (TPSA) is 65.2 Å². The van der Waals surface area contributed by atoms with E-state index in [2.05, 4.69) is 10.3 Å². The Hall–Kier alpha value is -1.01. The van der Waals surface area contributed by atoms with Crippen molar-refractivity contribution < 1.29 is 8.42 Å². The largest absolute Gasteiger partial charge is 0.366 e. The van der Waals surface area contributed by atoms with Gasteiger partial charge in [0.1, 0.15) is 0 Å². The van der Waals surface area contributed by atoms with E-state index in [-0.39, 0.29) is 11.7 Å². The van der Waals surface area contributed by atoms with Gasteiger partial charge in [-0.05, 0) is 37.9 Å². The summed E-state index contributed by atoms with van der Waals surface area (Å²) in [4.78, 5) is 2.87. The zero-order valence-corrected chi connectivity index (χ0v) is 10.8. The molecule has 1 aromatic heterocycles. The molecule has 17 heavy (non-hydrogen) atoms. The molecule has 0 amide bonds. The van der Waals surface area contributed by atoms with Crippen LogP contribution in [0.4, 0.5) is 5.69 Å². The van der Waals surface area contributed by atoms with Crippen LogP contribution in [-0.2, 0) is 10.0 Å². The third-order valence-corrected chi connectivity index (χ3v) is 5.21. The number of hydrogen-bond acceptors (Lipinski definition) is 3. The Balaban J connectivity index is 2.03. The summed E-state index contributed by atoms with van der Waals surface area (Å²) in [6.07, 6.45) is 5.31. The highest BCUT2D eigenvalue weighted by Crippen LogP contribution is 2.20. The average molecular weight is 257 g/mol. The third-order valence-electron chi connectivity index (χ3n) is 3.27. The average Bonchev–Trinajstić information content (AvgIpc) is 2.82. The van der Waals surface area contributed by atoms with E-state index >= 15 is 0 Å².